The number of aliphatic imine (C=N–C) groups is 1. The number of amides is 1. The smallest absolute Gasteiger partial charge is 0.242 e. The molecule has 1 saturated heterocycles. The molecule has 1 heterocycles. The average molecular weight is 341 g/mol. The molecule has 0 spiro atoms. The van der Waals surface area contributed by atoms with Gasteiger partial charge in [0.05, 0.1) is 0 Å². The van der Waals surface area contributed by atoms with E-state index < -0.39 is 0 Å². The first-order chi connectivity index (χ1) is 11.1. The van der Waals surface area contributed by atoms with Gasteiger partial charge in [-0.05, 0) is 45.3 Å². The highest BCUT2D eigenvalue weighted by atomic mass is 32.2. The Morgan fingerprint density at radius 3 is 2.65 bits per heavy atom. The minimum absolute atomic E-state index is 0.0376. The fourth-order valence-electron chi connectivity index (χ4n) is 3.26. The SMILES string of the molecule is CCNC(=NCC(=O)NC1CCCCC1)NCC1(C)CCCS1. The van der Waals surface area contributed by atoms with Crippen LogP contribution in [0.15, 0.2) is 4.99 Å². The van der Waals surface area contributed by atoms with Crippen LogP contribution in [0, 0.1) is 0 Å². The summed E-state index contributed by atoms with van der Waals surface area (Å²) in [5, 5.41) is 9.75. The molecule has 2 fully saturated rings. The normalized spacial score (nSPS) is 26.1. The van der Waals surface area contributed by atoms with Crippen molar-refractivity contribution in [2.75, 3.05) is 25.4 Å². The lowest BCUT2D eigenvalue weighted by molar-refractivity contribution is -0.120. The number of nitrogens with one attached hydrogen (secondary N) is 3. The van der Waals surface area contributed by atoms with E-state index in [1.165, 1.54) is 37.9 Å². The number of hydrogen-bond donors (Lipinski definition) is 3. The van der Waals surface area contributed by atoms with Gasteiger partial charge in [0.2, 0.25) is 5.91 Å². The zero-order chi connectivity index (χ0) is 16.5. The monoisotopic (exact) mass is 340 g/mol. The van der Waals surface area contributed by atoms with Crippen LogP contribution in [-0.4, -0.2) is 48.0 Å². The Kier molecular flexibility index (Phi) is 7.53. The van der Waals surface area contributed by atoms with Gasteiger partial charge < -0.3 is 16.0 Å². The molecule has 5 nitrogen and oxygen atoms in total. The molecule has 0 bridgehead atoms. The van der Waals surface area contributed by atoms with Crippen LogP contribution >= 0.6 is 11.8 Å². The Morgan fingerprint density at radius 1 is 1.22 bits per heavy atom. The molecule has 0 aromatic rings. The molecule has 1 saturated carbocycles. The van der Waals surface area contributed by atoms with Crippen molar-refractivity contribution in [1.29, 1.82) is 0 Å². The molecule has 0 aromatic carbocycles. The number of hydrogen-bond acceptors (Lipinski definition) is 3. The Balaban J connectivity index is 1.76. The highest BCUT2D eigenvalue weighted by Crippen LogP contribution is 2.36. The van der Waals surface area contributed by atoms with Crippen LogP contribution in [0.1, 0.15) is 58.8 Å². The third-order valence-electron chi connectivity index (χ3n) is 4.63. The first kappa shape index (κ1) is 18.4. The van der Waals surface area contributed by atoms with Gasteiger partial charge >= 0.3 is 0 Å². The number of nitrogens with zero attached hydrogens (tertiary/aromatic N) is 1. The van der Waals surface area contributed by atoms with Gasteiger partial charge in [-0.2, -0.15) is 11.8 Å². The van der Waals surface area contributed by atoms with Gasteiger partial charge in [-0.15, -0.1) is 0 Å². The Labute approximate surface area is 144 Å². The van der Waals surface area contributed by atoms with Crippen molar-refractivity contribution in [3.8, 4) is 0 Å². The first-order valence-corrected chi connectivity index (χ1v) is 10.1. The van der Waals surface area contributed by atoms with Crippen LogP contribution in [0.25, 0.3) is 0 Å². The summed E-state index contributed by atoms with van der Waals surface area (Å²) in [4.78, 5) is 16.5. The van der Waals surface area contributed by atoms with Gasteiger partial charge in [0, 0.05) is 23.9 Å². The second kappa shape index (κ2) is 9.40. The Bertz CT molecular complexity index is 401. The highest BCUT2D eigenvalue weighted by Gasteiger charge is 2.29. The number of carbonyl (C=O) groups excluding carboxylic acids is 1. The highest BCUT2D eigenvalue weighted by molar-refractivity contribution is 8.00. The van der Waals surface area contributed by atoms with Gasteiger partial charge in [0.25, 0.3) is 0 Å². The van der Waals surface area contributed by atoms with E-state index in [1.807, 2.05) is 18.7 Å². The largest absolute Gasteiger partial charge is 0.357 e. The van der Waals surface area contributed by atoms with Crippen LogP contribution in [-0.2, 0) is 4.79 Å². The molecular weight excluding hydrogens is 308 g/mol. The summed E-state index contributed by atoms with van der Waals surface area (Å²) in [6.07, 6.45) is 8.53. The Hall–Kier alpha value is -0.910. The molecule has 1 aliphatic carbocycles. The van der Waals surface area contributed by atoms with E-state index in [-0.39, 0.29) is 12.5 Å². The Morgan fingerprint density at radius 2 is 2.00 bits per heavy atom. The third kappa shape index (κ3) is 6.61. The molecule has 0 aromatic heterocycles. The van der Waals surface area contributed by atoms with Crippen molar-refractivity contribution >= 4 is 23.6 Å². The summed E-state index contributed by atoms with van der Waals surface area (Å²) < 4.78 is 0.292. The molecular formula is C17H32N4OS. The lowest BCUT2D eigenvalue weighted by Gasteiger charge is -2.24. The van der Waals surface area contributed by atoms with E-state index in [4.69, 9.17) is 0 Å². The van der Waals surface area contributed by atoms with Crippen molar-refractivity contribution in [3.63, 3.8) is 0 Å². The van der Waals surface area contributed by atoms with Crippen molar-refractivity contribution in [3.05, 3.63) is 0 Å². The summed E-state index contributed by atoms with van der Waals surface area (Å²) in [5.74, 6) is 2.03. The standard InChI is InChI=1S/C17H32N4OS/c1-3-18-16(20-13-17(2)10-7-11-23-17)19-12-15(22)21-14-8-5-4-6-9-14/h14H,3-13H2,1-2H3,(H,21,22)(H2,18,19,20). The zero-order valence-corrected chi connectivity index (χ0v) is 15.4. The van der Waals surface area contributed by atoms with Crippen molar-refractivity contribution in [2.45, 2.75) is 69.6 Å². The molecule has 1 amide bonds. The van der Waals surface area contributed by atoms with Gasteiger partial charge in [0.15, 0.2) is 5.96 Å². The lowest BCUT2D eigenvalue weighted by atomic mass is 9.95. The van der Waals surface area contributed by atoms with E-state index in [1.54, 1.807) is 0 Å². The molecule has 1 aliphatic heterocycles. The van der Waals surface area contributed by atoms with Crippen LogP contribution < -0.4 is 16.0 Å². The summed E-state index contributed by atoms with van der Waals surface area (Å²) in [7, 11) is 0. The number of thioether (sulfide) groups is 1. The maximum atomic E-state index is 12.1. The molecule has 1 atom stereocenters. The first-order valence-electron chi connectivity index (χ1n) is 9.07. The lowest BCUT2D eigenvalue weighted by Crippen LogP contribution is -2.44. The summed E-state index contributed by atoms with van der Waals surface area (Å²) in [6, 6.07) is 0.357. The number of carbonyl (C=O) groups is 1. The number of rotatable bonds is 6. The third-order valence-corrected chi connectivity index (χ3v) is 6.16. The number of guanidine groups is 1. The topological polar surface area (TPSA) is 65.5 Å². The molecule has 6 heteroatoms. The van der Waals surface area contributed by atoms with Crippen molar-refractivity contribution < 1.29 is 4.79 Å². The zero-order valence-electron chi connectivity index (χ0n) is 14.6. The van der Waals surface area contributed by atoms with Crippen LogP contribution in [0.4, 0.5) is 0 Å². The van der Waals surface area contributed by atoms with Gasteiger partial charge in [-0.3, -0.25) is 4.79 Å². The molecule has 0 radical (unpaired) electrons. The minimum atomic E-state index is 0.0376. The minimum Gasteiger partial charge on any atom is -0.357 e. The summed E-state index contributed by atoms with van der Waals surface area (Å²) in [5.41, 5.74) is 0. The van der Waals surface area contributed by atoms with E-state index in [9.17, 15) is 4.79 Å². The van der Waals surface area contributed by atoms with E-state index >= 15 is 0 Å². The molecule has 2 rings (SSSR count). The fraction of sp³-hybridized carbons (Fsp3) is 0.882. The van der Waals surface area contributed by atoms with Gasteiger partial charge in [-0.25, -0.2) is 4.99 Å². The van der Waals surface area contributed by atoms with Gasteiger partial charge in [-0.1, -0.05) is 19.3 Å². The van der Waals surface area contributed by atoms with Crippen molar-refractivity contribution in [2.24, 2.45) is 4.99 Å². The molecule has 2 aliphatic rings. The molecule has 3 N–H and O–H groups in total. The maximum Gasteiger partial charge on any atom is 0.242 e. The molecule has 132 valence electrons. The summed E-state index contributed by atoms with van der Waals surface area (Å²) in [6.45, 7) is 6.26. The second-order valence-electron chi connectivity index (χ2n) is 6.85. The van der Waals surface area contributed by atoms with Gasteiger partial charge in [0.1, 0.15) is 6.54 Å². The van der Waals surface area contributed by atoms with E-state index in [2.05, 4.69) is 27.9 Å². The van der Waals surface area contributed by atoms with Crippen LogP contribution in [0.3, 0.4) is 0 Å². The van der Waals surface area contributed by atoms with Crippen LogP contribution in [0.5, 0.6) is 0 Å². The fourth-order valence-corrected chi connectivity index (χ4v) is 4.50. The van der Waals surface area contributed by atoms with Crippen molar-refractivity contribution in [1.82, 2.24) is 16.0 Å². The van der Waals surface area contributed by atoms with E-state index in [0.717, 1.165) is 31.9 Å². The average Bonchev–Trinajstić information content (AvgIpc) is 2.98. The summed E-state index contributed by atoms with van der Waals surface area (Å²) >= 11 is 2.03. The molecule has 23 heavy (non-hydrogen) atoms. The quantitative estimate of drug-likeness (QED) is 0.513. The molecule has 1 unspecified atom stereocenters. The maximum absolute atomic E-state index is 12.1. The predicted octanol–water partition coefficient (Wildman–Crippen LogP) is 2.28. The predicted molar refractivity (Wildman–Crippen MR) is 99.1 cm³/mol. The second-order valence-corrected chi connectivity index (χ2v) is 8.54. The van der Waals surface area contributed by atoms with E-state index in [0.29, 0.717) is 10.8 Å². The van der Waals surface area contributed by atoms with Crippen LogP contribution in [0.2, 0.25) is 0 Å².